The lowest BCUT2D eigenvalue weighted by Crippen LogP contribution is -2.28. The maximum Gasteiger partial charge on any atom is 0.262 e. The molecule has 0 amide bonds. The smallest absolute Gasteiger partial charge is 0.262 e. The third-order valence-corrected chi connectivity index (χ3v) is 6.12. The molecule has 4 aromatic rings. The molecule has 0 aliphatic heterocycles. The zero-order chi connectivity index (χ0) is 24.2. The number of aryl methyl sites for hydroxylation is 4. The minimum Gasteiger partial charge on any atom is -0.361 e. The van der Waals surface area contributed by atoms with E-state index in [0.717, 1.165) is 47.3 Å². The molecular formula is C28H28N4O2. The lowest BCUT2D eigenvalue weighted by atomic mass is 9.99. The van der Waals surface area contributed by atoms with Crippen LogP contribution in [0.4, 0.5) is 0 Å². The molecule has 4 rings (SSSR count). The summed E-state index contributed by atoms with van der Waals surface area (Å²) in [7, 11) is 0. The van der Waals surface area contributed by atoms with Gasteiger partial charge in [-0.3, -0.25) is 9.36 Å². The van der Waals surface area contributed by atoms with Crippen LogP contribution in [0.15, 0.2) is 57.8 Å². The molecule has 0 bridgehead atoms. The number of hydrogen-bond acceptors (Lipinski definition) is 5. The molecular weight excluding hydrogens is 424 g/mol. The number of nitriles is 1. The number of nitrogens with zero attached hydrogens (tertiary/aromatic N) is 4. The van der Waals surface area contributed by atoms with E-state index in [4.69, 9.17) is 9.51 Å². The average Bonchev–Trinajstić information content (AvgIpc) is 3.18. The maximum absolute atomic E-state index is 13.8. The van der Waals surface area contributed by atoms with Crippen molar-refractivity contribution >= 4 is 0 Å². The van der Waals surface area contributed by atoms with Gasteiger partial charge in [0.15, 0.2) is 0 Å². The Hall–Kier alpha value is -3.98. The predicted molar refractivity (Wildman–Crippen MR) is 133 cm³/mol. The van der Waals surface area contributed by atoms with E-state index in [1.807, 2.05) is 69.3 Å². The summed E-state index contributed by atoms with van der Waals surface area (Å²) in [5, 5.41) is 13.5. The van der Waals surface area contributed by atoms with Crippen molar-refractivity contribution < 1.29 is 4.52 Å². The molecule has 0 aliphatic carbocycles. The van der Waals surface area contributed by atoms with Gasteiger partial charge in [-0.05, 0) is 49.9 Å². The molecule has 0 N–H and O–H groups in total. The number of hydrogen-bond donors (Lipinski definition) is 0. The highest BCUT2D eigenvalue weighted by atomic mass is 16.5. The zero-order valence-electron chi connectivity index (χ0n) is 20.1. The normalized spacial score (nSPS) is 10.9. The van der Waals surface area contributed by atoms with Gasteiger partial charge in [0.25, 0.3) is 5.56 Å². The minimum absolute atomic E-state index is 0.0769. The van der Waals surface area contributed by atoms with Crippen LogP contribution in [0.25, 0.3) is 22.3 Å². The molecule has 34 heavy (non-hydrogen) atoms. The first kappa shape index (κ1) is 23.2. The quantitative estimate of drug-likeness (QED) is 0.356. The number of aromatic nitrogens is 3. The van der Waals surface area contributed by atoms with Gasteiger partial charge in [-0.15, -0.1) is 0 Å². The van der Waals surface area contributed by atoms with Crippen molar-refractivity contribution in [3.05, 3.63) is 93.0 Å². The van der Waals surface area contributed by atoms with Crippen LogP contribution >= 0.6 is 0 Å². The first-order valence-corrected chi connectivity index (χ1v) is 11.6. The largest absolute Gasteiger partial charge is 0.361 e. The van der Waals surface area contributed by atoms with Gasteiger partial charge in [-0.1, -0.05) is 61.0 Å². The topological polar surface area (TPSA) is 84.7 Å². The summed E-state index contributed by atoms with van der Waals surface area (Å²) in [6.45, 7) is 8.09. The van der Waals surface area contributed by atoms with E-state index in [9.17, 15) is 10.1 Å². The second-order valence-corrected chi connectivity index (χ2v) is 8.54. The maximum atomic E-state index is 13.8. The second kappa shape index (κ2) is 9.88. The molecule has 2 aromatic heterocycles. The van der Waals surface area contributed by atoms with E-state index in [1.165, 1.54) is 0 Å². The predicted octanol–water partition coefficient (Wildman–Crippen LogP) is 5.75. The monoisotopic (exact) mass is 452 g/mol. The average molecular weight is 453 g/mol. The summed E-state index contributed by atoms with van der Waals surface area (Å²) in [6.07, 6.45) is 2.72. The lowest BCUT2D eigenvalue weighted by molar-refractivity contribution is 0.393. The van der Waals surface area contributed by atoms with Gasteiger partial charge >= 0.3 is 0 Å². The molecule has 0 atom stereocenters. The molecule has 2 heterocycles. The van der Waals surface area contributed by atoms with Crippen molar-refractivity contribution in [1.82, 2.24) is 14.7 Å². The molecule has 2 aromatic carbocycles. The summed E-state index contributed by atoms with van der Waals surface area (Å²) in [5.74, 6) is 1.41. The summed E-state index contributed by atoms with van der Waals surface area (Å²) >= 11 is 0. The third kappa shape index (κ3) is 4.42. The van der Waals surface area contributed by atoms with E-state index < -0.39 is 0 Å². The van der Waals surface area contributed by atoms with E-state index >= 15 is 0 Å². The lowest BCUT2D eigenvalue weighted by Gasteiger charge is -2.16. The van der Waals surface area contributed by atoms with Gasteiger partial charge in [0.1, 0.15) is 11.6 Å². The van der Waals surface area contributed by atoms with Crippen LogP contribution in [0.2, 0.25) is 0 Å². The minimum atomic E-state index is -0.0769. The summed E-state index contributed by atoms with van der Waals surface area (Å²) in [6, 6.07) is 17.8. The molecule has 0 radical (unpaired) electrons. The van der Waals surface area contributed by atoms with Crippen LogP contribution in [0.1, 0.15) is 53.9 Å². The van der Waals surface area contributed by atoms with Crippen LogP contribution in [0, 0.1) is 32.1 Å². The van der Waals surface area contributed by atoms with E-state index in [2.05, 4.69) is 18.1 Å². The molecule has 0 saturated heterocycles. The van der Waals surface area contributed by atoms with Crippen molar-refractivity contribution in [2.45, 2.75) is 53.5 Å². The first-order valence-electron chi connectivity index (χ1n) is 11.6. The Labute approximate surface area is 199 Å². The molecule has 0 fully saturated rings. The van der Waals surface area contributed by atoms with Gasteiger partial charge in [0.2, 0.25) is 0 Å². The number of unbranched alkanes of at least 4 members (excludes halogenated alkanes) is 1. The van der Waals surface area contributed by atoms with Crippen LogP contribution in [-0.2, 0) is 13.0 Å². The highest BCUT2D eigenvalue weighted by Crippen LogP contribution is 2.27. The van der Waals surface area contributed by atoms with E-state index in [-0.39, 0.29) is 5.56 Å². The van der Waals surface area contributed by atoms with Crippen LogP contribution in [-0.4, -0.2) is 14.7 Å². The van der Waals surface area contributed by atoms with Gasteiger partial charge < -0.3 is 4.52 Å². The third-order valence-electron chi connectivity index (χ3n) is 6.12. The van der Waals surface area contributed by atoms with Crippen molar-refractivity contribution in [3.8, 4) is 28.3 Å². The molecule has 172 valence electrons. The standard InChI is InChI=1S/C28H28N4O2/c1-5-6-11-25-30-18(2)27(26-19(3)31-34-20(26)4)28(33)32(25)17-21-12-14-22(15-13-21)24-10-8-7-9-23(24)16-29/h7-10,12-15H,5-6,11,17H2,1-4H3. The van der Waals surface area contributed by atoms with Crippen molar-refractivity contribution in [1.29, 1.82) is 5.26 Å². The van der Waals surface area contributed by atoms with Crippen LogP contribution in [0.5, 0.6) is 0 Å². The molecule has 0 aliphatic rings. The van der Waals surface area contributed by atoms with E-state index in [1.54, 1.807) is 4.57 Å². The number of rotatable bonds is 7. The molecule has 0 spiro atoms. The first-order chi connectivity index (χ1) is 16.4. The zero-order valence-corrected chi connectivity index (χ0v) is 20.1. The Morgan fingerprint density at radius 1 is 1.00 bits per heavy atom. The van der Waals surface area contributed by atoms with Crippen molar-refractivity contribution in [2.75, 3.05) is 0 Å². The van der Waals surface area contributed by atoms with Crippen molar-refractivity contribution in [3.63, 3.8) is 0 Å². The fourth-order valence-corrected chi connectivity index (χ4v) is 4.34. The fourth-order valence-electron chi connectivity index (χ4n) is 4.34. The second-order valence-electron chi connectivity index (χ2n) is 8.54. The Bertz CT molecular complexity index is 1400. The molecule has 0 unspecified atom stereocenters. The molecule has 6 heteroatoms. The van der Waals surface area contributed by atoms with Gasteiger partial charge in [-0.2, -0.15) is 5.26 Å². The summed E-state index contributed by atoms with van der Waals surface area (Å²) in [5.41, 5.74) is 6.09. The van der Waals surface area contributed by atoms with E-state index in [0.29, 0.717) is 34.8 Å². The van der Waals surface area contributed by atoms with Gasteiger partial charge in [-0.25, -0.2) is 4.98 Å². The number of benzene rings is 2. The Morgan fingerprint density at radius 2 is 1.74 bits per heavy atom. The highest BCUT2D eigenvalue weighted by molar-refractivity contribution is 5.71. The molecule has 6 nitrogen and oxygen atoms in total. The Kier molecular flexibility index (Phi) is 6.74. The highest BCUT2D eigenvalue weighted by Gasteiger charge is 2.21. The Balaban J connectivity index is 1.77. The summed E-state index contributed by atoms with van der Waals surface area (Å²) < 4.78 is 7.12. The van der Waals surface area contributed by atoms with Crippen LogP contribution in [0.3, 0.4) is 0 Å². The molecule has 0 saturated carbocycles. The SMILES string of the molecule is CCCCc1nc(C)c(-c2c(C)noc2C)c(=O)n1Cc1ccc(-c2ccccc2C#N)cc1. The Morgan fingerprint density at radius 3 is 2.38 bits per heavy atom. The van der Waals surface area contributed by atoms with Gasteiger partial charge in [0.05, 0.1) is 40.7 Å². The van der Waals surface area contributed by atoms with Crippen LogP contribution < -0.4 is 5.56 Å². The summed E-state index contributed by atoms with van der Waals surface area (Å²) in [4.78, 5) is 18.6. The van der Waals surface area contributed by atoms with Crippen molar-refractivity contribution in [2.24, 2.45) is 0 Å². The van der Waals surface area contributed by atoms with Gasteiger partial charge in [0, 0.05) is 6.42 Å². The fraction of sp³-hybridized carbons (Fsp3) is 0.286.